The van der Waals surface area contributed by atoms with Crippen LogP contribution in [0, 0.1) is 62.6 Å². The topological polar surface area (TPSA) is 86.7 Å². The molecular weight excluding hydrogens is 569 g/mol. The van der Waals surface area contributed by atoms with Crippen molar-refractivity contribution >= 4 is 21.9 Å². The third kappa shape index (κ3) is 3.94. The number of carbonyl (C=O) groups is 2. The fourth-order valence-corrected chi connectivity index (χ4v) is 12.5. The van der Waals surface area contributed by atoms with E-state index < -0.39 is 50.4 Å². The molecule has 0 bridgehead atoms. The maximum Gasteiger partial charge on any atom is 0.523 e. The number of fused-ring (bicyclic) bond motifs is 7. The van der Waals surface area contributed by atoms with Gasteiger partial charge in [0.15, 0.2) is 5.78 Å². The van der Waals surface area contributed by atoms with Gasteiger partial charge in [-0.15, -0.1) is 0 Å². The Kier molecular flexibility index (Phi) is 7.27. The fourth-order valence-electron chi connectivity index (χ4n) is 11.9. The number of methoxy groups -OCH3 is 1. The van der Waals surface area contributed by atoms with Gasteiger partial charge in [-0.25, -0.2) is 0 Å². The van der Waals surface area contributed by atoms with Crippen LogP contribution in [0.15, 0.2) is 12.2 Å². The standard InChI is InChI=1S/C32H47F3O6S/c1-18(2)19-11-14-31(17-41-42(38,39)32(33,34)35)16-15-28(5)20(23(19)31)9-10-22-29(28,6)13-12-21-27(3,4)25(36)24(26(37)40-8)30(21,22)7/h19-24H,1,9-17H2,2-8H3/t19-,20?,21?,22?,23?,24?,28+,29+,30-,31+/m0/s1. The van der Waals surface area contributed by atoms with Gasteiger partial charge in [0.1, 0.15) is 5.92 Å². The van der Waals surface area contributed by atoms with Crippen LogP contribution in [0.1, 0.15) is 92.9 Å². The van der Waals surface area contributed by atoms with E-state index in [4.69, 9.17) is 8.92 Å². The van der Waals surface area contributed by atoms with Gasteiger partial charge in [-0.1, -0.05) is 46.8 Å². The van der Waals surface area contributed by atoms with Gasteiger partial charge < -0.3 is 4.74 Å². The van der Waals surface area contributed by atoms with E-state index in [0.29, 0.717) is 12.8 Å². The highest BCUT2D eigenvalue weighted by Gasteiger charge is 2.75. The number of esters is 1. The van der Waals surface area contributed by atoms with E-state index in [1.807, 2.05) is 20.8 Å². The van der Waals surface area contributed by atoms with Crippen molar-refractivity contribution in [1.82, 2.24) is 0 Å². The molecule has 0 aromatic heterocycles. The van der Waals surface area contributed by atoms with Gasteiger partial charge in [0.25, 0.3) is 0 Å². The van der Waals surface area contributed by atoms with E-state index in [9.17, 15) is 31.2 Å². The lowest BCUT2D eigenvalue weighted by Gasteiger charge is -2.70. The quantitative estimate of drug-likeness (QED) is 0.108. The molecule has 238 valence electrons. The first-order chi connectivity index (χ1) is 19.2. The minimum Gasteiger partial charge on any atom is -0.468 e. The molecule has 0 heterocycles. The zero-order valence-corrected chi connectivity index (χ0v) is 26.8. The number of halogens is 3. The molecule has 5 unspecified atom stereocenters. The molecule has 0 N–H and O–H groups in total. The monoisotopic (exact) mass is 616 g/mol. The van der Waals surface area contributed by atoms with Gasteiger partial charge >= 0.3 is 21.6 Å². The highest BCUT2D eigenvalue weighted by Crippen LogP contribution is 2.78. The van der Waals surface area contributed by atoms with Crippen LogP contribution in [0.2, 0.25) is 0 Å². The SMILES string of the molecule is C=C(C)[C@@H]1CC[C@]2(COS(=O)(=O)C(F)(F)F)CC[C@]3(C)C(CCC4[C@@]5(C)C(C(=O)OC)C(=O)C(C)(C)C5CC[C@]43C)C12. The molecule has 5 aliphatic rings. The zero-order chi connectivity index (χ0) is 31.5. The minimum atomic E-state index is -5.70. The number of alkyl halides is 3. The third-order valence-electron chi connectivity index (χ3n) is 14.0. The largest absolute Gasteiger partial charge is 0.523 e. The number of Topliss-reactive ketones (excluding diaryl/α,β-unsaturated/α-hetero) is 1. The second-order valence-electron chi connectivity index (χ2n) is 15.6. The van der Waals surface area contributed by atoms with Gasteiger partial charge in [-0.3, -0.25) is 13.8 Å². The zero-order valence-electron chi connectivity index (χ0n) is 26.0. The molecule has 0 amide bonds. The predicted octanol–water partition coefficient (Wildman–Crippen LogP) is 7.09. The Morgan fingerprint density at radius 2 is 1.60 bits per heavy atom. The highest BCUT2D eigenvalue weighted by molar-refractivity contribution is 7.87. The fraction of sp³-hybridized carbons (Fsp3) is 0.875. The Bertz CT molecular complexity index is 1290. The molecule has 0 aromatic carbocycles. The Labute approximate surface area is 248 Å². The average Bonchev–Trinajstić information content (AvgIpc) is 3.34. The first-order valence-corrected chi connectivity index (χ1v) is 16.8. The molecule has 6 nitrogen and oxygen atoms in total. The van der Waals surface area contributed by atoms with E-state index >= 15 is 0 Å². The van der Waals surface area contributed by atoms with Crippen molar-refractivity contribution in [3.63, 3.8) is 0 Å². The molecule has 5 rings (SSSR count). The van der Waals surface area contributed by atoms with Crippen molar-refractivity contribution < 1.29 is 40.1 Å². The molecule has 42 heavy (non-hydrogen) atoms. The first-order valence-electron chi connectivity index (χ1n) is 15.4. The summed E-state index contributed by atoms with van der Waals surface area (Å²) in [5.74, 6) is -1.08. The van der Waals surface area contributed by atoms with E-state index in [-0.39, 0.29) is 46.2 Å². The van der Waals surface area contributed by atoms with E-state index in [1.165, 1.54) is 7.11 Å². The summed E-state index contributed by atoms with van der Waals surface area (Å²) in [6, 6.07) is 0. The van der Waals surface area contributed by atoms with Crippen LogP contribution in [-0.4, -0.2) is 39.4 Å². The van der Waals surface area contributed by atoms with E-state index in [1.54, 1.807) is 0 Å². The van der Waals surface area contributed by atoms with Crippen molar-refractivity contribution in [3.05, 3.63) is 12.2 Å². The lowest BCUT2D eigenvalue weighted by atomic mass is 9.34. The summed E-state index contributed by atoms with van der Waals surface area (Å²) in [6.07, 6.45) is 5.92. The third-order valence-corrected chi connectivity index (χ3v) is 15.0. The number of carbonyl (C=O) groups excluding carboxylic acids is 2. The number of ketones is 1. The number of rotatable bonds is 5. The summed E-state index contributed by atoms with van der Waals surface area (Å²) < 4.78 is 73.8. The molecule has 5 saturated carbocycles. The normalized spacial score (nSPS) is 46.3. The summed E-state index contributed by atoms with van der Waals surface area (Å²) >= 11 is 0. The number of ether oxygens (including phenoxy) is 1. The number of hydrogen-bond acceptors (Lipinski definition) is 6. The van der Waals surface area contributed by atoms with Crippen LogP contribution < -0.4 is 0 Å². The summed E-state index contributed by atoms with van der Waals surface area (Å²) in [4.78, 5) is 27.1. The van der Waals surface area contributed by atoms with E-state index in [2.05, 4.69) is 27.4 Å². The molecule has 0 radical (unpaired) electrons. The van der Waals surface area contributed by atoms with Crippen molar-refractivity contribution in [2.45, 2.75) is 98.4 Å². The van der Waals surface area contributed by atoms with Gasteiger partial charge in [0.2, 0.25) is 0 Å². The lowest BCUT2D eigenvalue weighted by Crippen LogP contribution is -2.65. The molecule has 5 aliphatic carbocycles. The maximum absolute atomic E-state index is 13.8. The summed E-state index contributed by atoms with van der Waals surface area (Å²) in [6.45, 7) is 16.5. The van der Waals surface area contributed by atoms with Gasteiger partial charge in [-0.05, 0) is 110 Å². The summed E-state index contributed by atoms with van der Waals surface area (Å²) in [7, 11) is -4.36. The van der Waals surface area contributed by atoms with Gasteiger partial charge in [0, 0.05) is 5.41 Å². The van der Waals surface area contributed by atoms with Crippen LogP contribution in [-0.2, 0) is 28.6 Å². The van der Waals surface area contributed by atoms with Crippen molar-refractivity contribution in [2.75, 3.05) is 13.7 Å². The second kappa shape index (κ2) is 9.54. The Morgan fingerprint density at radius 3 is 2.17 bits per heavy atom. The molecule has 0 saturated heterocycles. The van der Waals surface area contributed by atoms with Crippen molar-refractivity contribution in [2.24, 2.45) is 62.6 Å². The molecule has 5 fully saturated rings. The summed E-state index contributed by atoms with van der Waals surface area (Å²) in [5, 5.41) is 0. The van der Waals surface area contributed by atoms with Crippen LogP contribution in [0.3, 0.4) is 0 Å². The molecule has 0 aromatic rings. The first kappa shape index (κ1) is 32.0. The van der Waals surface area contributed by atoms with Crippen LogP contribution >= 0.6 is 0 Å². The minimum absolute atomic E-state index is 0.0396. The molecular formula is C32H47F3O6S. The smallest absolute Gasteiger partial charge is 0.468 e. The molecule has 0 spiro atoms. The average molecular weight is 617 g/mol. The van der Waals surface area contributed by atoms with Crippen molar-refractivity contribution in [3.8, 4) is 0 Å². The maximum atomic E-state index is 13.8. The van der Waals surface area contributed by atoms with E-state index in [0.717, 1.165) is 44.1 Å². The molecule has 10 heteroatoms. The second-order valence-corrected chi connectivity index (χ2v) is 17.2. The highest BCUT2D eigenvalue weighted by atomic mass is 32.2. The predicted molar refractivity (Wildman–Crippen MR) is 151 cm³/mol. The van der Waals surface area contributed by atoms with Gasteiger partial charge in [-0.2, -0.15) is 21.6 Å². The van der Waals surface area contributed by atoms with Gasteiger partial charge in [0.05, 0.1) is 13.7 Å². The van der Waals surface area contributed by atoms with Crippen LogP contribution in [0.25, 0.3) is 0 Å². The lowest BCUT2D eigenvalue weighted by molar-refractivity contribution is -0.228. The Hall–Kier alpha value is -1.42. The van der Waals surface area contributed by atoms with Crippen LogP contribution in [0.4, 0.5) is 13.2 Å². The number of allylic oxidation sites excluding steroid dienone is 1. The summed E-state index contributed by atoms with van der Waals surface area (Å²) in [5.41, 5.74) is -6.85. The molecule has 0 aliphatic heterocycles. The van der Waals surface area contributed by atoms with Crippen LogP contribution in [0.5, 0.6) is 0 Å². The molecule has 10 atom stereocenters. The Morgan fingerprint density at radius 1 is 0.952 bits per heavy atom. The Balaban J connectivity index is 1.56. The van der Waals surface area contributed by atoms with Crippen molar-refractivity contribution in [1.29, 1.82) is 0 Å². The number of hydrogen-bond donors (Lipinski definition) is 0.